The lowest BCUT2D eigenvalue weighted by Crippen LogP contribution is -2.61. The van der Waals surface area contributed by atoms with Crippen molar-refractivity contribution < 1.29 is 24.4 Å². The second kappa shape index (κ2) is 5.98. The van der Waals surface area contributed by atoms with Crippen molar-refractivity contribution >= 4 is 23.6 Å². The van der Waals surface area contributed by atoms with Gasteiger partial charge in [-0.3, -0.25) is 4.79 Å². The van der Waals surface area contributed by atoms with Crippen molar-refractivity contribution in [3.8, 4) is 0 Å². The zero-order valence-corrected chi connectivity index (χ0v) is 13.8. The van der Waals surface area contributed by atoms with Crippen LogP contribution in [-0.2, 0) is 22.4 Å². The van der Waals surface area contributed by atoms with E-state index >= 15 is 0 Å². The second-order valence-electron chi connectivity index (χ2n) is 5.98. The minimum atomic E-state index is -1.08. The number of aromatic nitrogens is 1. The predicted molar refractivity (Wildman–Crippen MR) is 84.0 cm³/mol. The number of carboxylic acids is 1. The van der Waals surface area contributed by atoms with Gasteiger partial charge in [0.05, 0.1) is 18.1 Å². The van der Waals surface area contributed by atoms with E-state index in [1.54, 1.807) is 6.92 Å². The Morgan fingerprint density at radius 3 is 2.70 bits per heavy atom. The Morgan fingerprint density at radius 2 is 2.13 bits per heavy atom. The van der Waals surface area contributed by atoms with Gasteiger partial charge in [0.15, 0.2) is 12.4 Å². The largest absolute Gasteiger partial charge is 0.477 e. The number of carbonyl (C=O) groups is 2. The van der Waals surface area contributed by atoms with Gasteiger partial charge in [0.2, 0.25) is 5.91 Å². The van der Waals surface area contributed by atoms with E-state index in [9.17, 15) is 19.8 Å². The van der Waals surface area contributed by atoms with Crippen LogP contribution >= 0.6 is 11.8 Å². The number of thioether (sulfide) groups is 1. The molecule has 122 valence electrons. The Morgan fingerprint density at radius 1 is 1.48 bits per heavy atom. The summed E-state index contributed by atoms with van der Waals surface area (Å²) in [6.07, 6.45) is 3.64. The van der Waals surface area contributed by atoms with Crippen LogP contribution in [0.1, 0.15) is 18.9 Å². The fourth-order valence-electron chi connectivity index (χ4n) is 3.16. The minimum Gasteiger partial charge on any atom is -0.477 e. The van der Waals surface area contributed by atoms with Crippen molar-refractivity contribution in [3.63, 3.8) is 0 Å². The normalized spacial score (nSPS) is 24.5. The number of rotatable bonds is 5. The summed E-state index contributed by atoms with van der Waals surface area (Å²) >= 11 is 1.46. The van der Waals surface area contributed by atoms with E-state index in [1.165, 1.54) is 16.7 Å². The van der Waals surface area contributed by atoms with E-state index in [1.807, 2.05) is 36.1 Å². The van der Waals surface area contributed by atoms with Crippen LogP contribution in [0.3, 0.4) is 0 Å². The molecule has 2 unspecified atom stereocenters. The maximum atomic E-state index is 12.1. The van der Waals surface area contributed by atoms with Crippen LogP contribution in [0.4, 0.5) is 0 Å². The molecule has 0 spiro atoms. The van der Waals surface area contributed by atoms with Gasteiger partial charge < -0.3 is 15.1 Å². The number of aryl methyl sites for hydroxylation is 1. The summed E-state index contributed by atoms with van der Waals surface area (Å²) in [5.74, 6) is -1.20. The van der Waals surface area contributed by atoms with Crippen LogP contribution < -0.4 is 4.57 Å². The molecule has 3 heterocycles. The van der Waals surface area contributed by atoms with Crippen molar-refractivity contribution in [1.29, 1.82) is 0 Å². The van der Waals surface area contributed by atoms with Crippen molar-refractivity contribution in [2.75, 3.05) is 0 Å². The lowest BCUT2D eigenvalue weighted by molar-refractivity contribution is -0.671. The van der Waals surface area contributed by atoms with Crippen molar-refractivity contribution in [2.24, 2.45) is 13.0 Å². The highest BCUT2D eigenvalue weighted by Gasteiger charge is 2.56. The number of hydrogen-bond acceptors (Lipinski definition) is 4. The Kier molecular flexibility index (Phi) is 4.16. The number of aliphatic hydroxyl groups is 1. The third-order valence-electron chi connectivity index (χ3n) is 4.35. The first-order valence-electron chi connectivity index (χ1n) is 7.44. The number of aliphatic carboxylic acids is 1. The number of nitrogens with zero attached hydrogens (tertiary/aromatic N) is 2. The molecule has 2 N–H and O–H groups in total. The number of pyridine rings is 1. The molecule has 3 atom stereocenters. The van der Waals surface area contributed by atoms with Crippen LogP contribution in [0.2, 0.25) is 0 Å². The van der Waals surface area contributed by atoms with Gasteiger partial charge in [-0.05, 0) is 12.5 Å². The van der Waals surface area contributed by atoms with E-state index in [2.05, 4.69) is 0 Å². The quantitative estimate of drug-likeness (QED) is 0.610. The number of aliphatic hydroxyl groups excluding tert-OH is 1. The molecule has 1 amide bonds. The summed E-state index contributed by atoms with van der Waals surface area (Å²) in [5.41, 5.74) is 1.18. The standard InChI is InChI=1S/C16H18N2O4S/c1-9(19)13-11-7-12(14(16(21)22)18(11)15(13)20)23-8-10-3-5-17(2)6-4-10/h3-6,9,11,13,19H,7-8H2,1-2H3/p+1/t9?,11?,13-/m1/s1. The lowest BCUT2D eigenvalue weighted by atomic mass is 9.83. The predicted octanol–water partition coefficient (Wildman–Crippen LogP) is 0.652. The van der Waals surface area contributed by atoms with Gasteiger partial charge in [0.25, 0.3) is 0 Å². The lowest BCUT2D eigenvalue weighted by Gasteiger charge is -2.44. The number of carboxylic acid groups (broad SMARTS) is 1. The molecular formula is C16H19N2O4S+. The van der Waals surface area contributed by atoms with Gasteiger partial charge in [-0.1, -0.05) is 0 Å². The highest BCUT2D eigenvalue weighted by atomic mass is 32.2. The van der Waals surface area contributed by atoms with Gasteiger partial charge in [0.1, 0.15) is 12.7 Å². The highest BCUT2D eigenvalue weighted by molar-refractivity contribution is 8.02. The molecule has 2 aliphatic rings. The molecule has 0 saturated carbocycles. The smallest absolute Gasteiger partial charge is 0.353 e. The van der Waals surface area contributed by atoms with E-state index in [0.29, 0.717) is 17.1 Å². The molecule has 0 aliphatic carbocycles. The van der Waals surface area contributed by atoms with Crippen molar-refractivity contribution in [1.82, 2.24) is 4.90 Å². The maximum Gasteiger partial charge on any atom is 0.353 e. The SMILES string of the molecule is CC(O)[C@H]1C(=O)N2C(C(=O)O)=C(SCc3cc[n+](C)cc3)CC12. The van der Waals surface area contributed by atoms with Crippen LogP contribution in [0.25, 0.3) is 0 Å². The highest BCUT2D eigenvalue weighted by Crippen LogP contribution is 2.47. The molecule has 3 rings (SSSR count). The number of β-lactam (4-membered cyclic amide) rings is 1. The topological polar surface area (TPSA) is 81.7 Å². The molecule has 1 aromatic heterocycles. The minimum absolute atomic E-state index is 0.0865. The molecule has 1 fully saturated rings. The van der Waals surface area contributed by atoms with E-state index in [4.69, 9.17) is 0 Å². The van der Waals surface area contributed by atoms with Crippen LogP contribution in [0.5, 0.6) is 0 Å². The first-order valence-corrected chi connectivity index (χ1v) is 8.43. The summed E-state index contributed by atoms with van der Waals surface area (Å²) in [6.45, 7) is 1.58. The Bertz CT molecular complexity index is 684. The van der Waals surface area contributed by atoms with Crippen LogP contribution in [0.15, 0.2) is 35.1 Å². The molecule has 1 saturated heterocycles. The first-order chi connectivity index (χ1) is 10.9. The number of hydrogen-bond donors (Lipinski definition) is 2. The molecular weight excluding hydrogens is 316 g/mol. The van der Waals surface area contributed by atoms with Gasteiger partial charge in [-0.25, -0.2) is 9.36 Å². The summed E-state index contributed by atoms with van der Waals surface area (Å²) in [7, 11) is 1.94. The molecule has 0 aromatic carbocycles. The average molecular weight is 335 g/mol. The molecule has 7 heteroatoms. The molecule has 2 aliphatic heterocycles. The molecule has 0 bridgehead atoms. The molecule has 1 aromatic rings. The van der Waals surface area contributed by atoms with Gasteiger partial charge in [0, 0.05) is 29.2 Å². The zero-order chi connectivity index (χ0) is 16.7. The van der Waals surface area contributed by atoms with Gasteiger partial charge in [-0.2, -0.15) is 0 Å². The summed E-state index contributed by atoms with van der Waals surface area (Å²) in [5, 5.41) is 19.2. The fraction of sp³-hybridized carbons (Fsp3) is 0.438. The summed E-state index contributed by atoms with van der Waals surface area (Å²) in [4.78, 5) is 25.7. The van der Waals surface area contributed by atoms with E-state index in [-0.39, 0.29) is 17.6 Å². The maximum absolute atomic E-state index is 12.1. The summed E-state index contributed by atoms with van der Waals surface area (Å²) < 4.78 is 1.93. The Hall–Kier alpha value is -1.86. The third kappa shape index (κ3) is 2.74. The Balaban J connectivity index is 1.77. The summed E-state index contributed by atoms with van der Waals surface area (Å²) in [6, 6.07) is 3.76. The zero-order valence-electron chi connectivity index (χ0n) is 13.0. The molecule has 23 heavy (non-hydrogen) atoms. The van der Waals surface area contributed by atoms with E-state index in [0.717, 1.165) is 5.56 Å². The molecule has 6 nitrogen and oxygen atoms in total. The van der Waals surface area contributed by atoms with Gasteiger partial charge in [-0.15, -0.1) is 11.8 Å². The van der Waals surface area contributed by atoms with Gasteiger partial charge >= 0.3 is 5.97 Å². The fourth-order valence-corrected chi connectivity index (χ4v) is 4.30. The first kappa shape index (κ1) is 16.0. The molecule has 0 radical (unpaired) electrons. The number of fused-ring (bicyclic) bond motifs is 1. The van der Waals surface area contributed by atoms with E-state index < -0.39 is 18.0 Å². The Labute approximate surface area is 138 Å². The number of carbonyl (C=O) groups excluding carboxylic acids is 1. The third-order valence-corrected chi connectivity index (χ3v) is 5.54. The monoisotopic (exact) mass is 335 g/mol. The number of amides is 1. The second-order valence-corrected chi connectivity index (χ2v) is 7.05. The van der Waals surface area contributed by atoms with Crippen molar-refractivity contribution in [3.05, 3.63) is 40.7 Å². The average Bonchev–Trinajstić information content (AvgIpc) is 2.81. The van der Waals surface area contributed by atoms with Crippen LogP contribution in [0, 0.1) is 5.92 Å². The van der Waals surface area contributed by atoms with Crippen molar-refractivity contribution in [2.45, 2.75) is 31.2 Å². The van der Waals surface area contributed by atoms with Crippen LogP contribution in [-0.4, -0.2) is 39.1 Å².